The maximum atomic E-state index is 12.3. The maximum absolute atomic E-state index is 12.3. The van der Waals surface area contributed by atoms with E-state index in [1.54, 1.807) is 13.8 Å². The van der Waals surface area contributed by atoms with E-state index in [9.17, 15) is 13.8 Å². The van der Waals surface area contributed by atoms with Crippen molar-refractivity contribution in [3.63, 3.8) is 0 Å². The summed E-state index contributed by atoms with van der Waals surface area (Å²) in [7, 11) is 1.23. The highest BCUT2D eigenvalue weighted by atomic mass is 32.2. The summed E-state index contributed by atoms with van der Waals surface area (Å²) in [6, 6.07) is -1.82. The number of esters is 1. The second kappa shape index (κ2) is 5.33. The van der Waals surface area contributed by atoms with Crippen LogP contribution in [-0.2, 0) is 25.1 Å². The molecule has 0 spiro atoms. The lowest BCUT2D eigenvalue weighted by Gasteiger charge is -2.22. The lowest BCUT2D eigenvalue weighted by atomic mass is 10.0. The molecule has 104 valence electrons. The zero-order valence-corrected chi connectivity index (χ0v) is 11.5. The van der Waals surface area contributed by atoms with Crippen LogP contribution in [0.15, 0.2) is 0 Å². The van der Waals surface area contributed by atoms with Gasteiger partial charge in [-0.15, -0.1) is 0 Å². The number of hydrogen-bond donors (Lipinski definition) is 3. The molecule has 0 bridgehead atoms. The molecule has 0 aliphatic carbocycles. The number of carbonyl (C=O) groups excluding carboxylic acids is 1. The van der Waals surface area contributed by atoms with Crippen molar-refractivity contribution in [1.29, 1.82) is 0 Å². The highest BCUT2D eigenvalue weighted by Gasteiger charge is 2.54. The zero-order valence-electron chi connectivity index (χ0n) is 10.7. The van der Waals surface area contributed by atoms with Crippen LogP contribution in [-0.4, -0.2) is 57.6 Å². The van der Waals surface area contributed by atoms with Crippen LogP contribution in [0.5, 0.6) is 0 Å². The van der Waals surface area contributed by atoms with Crippen molar-refractivity contribution in [2.45, 2.75) is 36.1 Å². The molecule has 4 unspecified atom stereocenters. The molecule has 8 heteroatoms. The molecule has 1 aliphatic heterocycles. The van der Waals surface area contributed by atoms with E-state index in [4.69, 9.17) is 5.11 Å². The summed E-state index contributed by atoms with van der Waals surface area (Å²) in [5.41, 5.74) is 0. The summed E-state index contributed by atoms with van der Waals surface area (Å²) in [6.45, 7) is 3.19. The largest absolute Gasteiger partial charge is 0.480 e. The Morgan fingerprint density at radius 3 is 2.39 bits per heavy atom. The number of methoxy groups -OCH3 is 1. The van der Waals surface area contributed by atoms with Crippen molar-refractivity contribution in [3.05, 3.63) is 0 Å². The van der Waals surface area contributed by atoms with Crippen molar-refractivity contribution in [2.75, 3.05) is 14.2 Å². The highest BCUT2D eigenvalue weighted by Crippen LogP contribution is 2.29. The number of nitrogens with one attached hydrogen (secondary N) is 2. The monoisotopic (exact) mass is 278 g/mol. The molecule has 1 aliphatic rings. The molecule has 1 saturated heterocycles. The van der Waals surface area contributed by atoms with Gasteiger partial charge in [-0.25, -0.2) is 0 Å². The lowest BCUT2D eigenvalue weighted by molar-refractivity contribution is -0.144. The number of aliphatic carboxylic acids is 1. The molecule has 4 atom stereocenters. The summed E-state index contributed by atoms with van der Waals surface area (Å²) in [5, 5.41) is 13.7. The summed E-state index contributed by atoms with van der Waals surface area (Å²) in [4.78, 5) is 22.7. The van der Waals surface area contributed by atoms with Crippen LogP contribution < -0.4 is 10.6 Å². The molecule has 3 N–H and O–H groups in total. The third-order valence-electron chi connectivity index (χ3n) is 3.09. The van der Waals surface area contributed by atoms with E-state index >= 15 is 0 Å². The zero-order chi connectivity index (χ0) is 14.1. The Morgan fingerprint density at radius 1 is 1.50 bits per heavy atom. The van der Waals surface area contributed by atoms with Gasteiger partial charge in [0.25, 0.3) is 0 Å². The minimum Gasteiger partial charge on any atom is -0.480 e. The van der Waals surface area contributed by atoms with Crippen LogP contribution in [0, 0.1) is 0 Å². The molecule has 0 aromatic rings. The predicted molar refractivity (Wildman–Crippen MR) is 65.4 cm³/mol. The number of rotatable bonds is 4. The van der Waals surface area contributed by atoms with Gasteiger partial charge in [-0.1, -0.05) is 0 Å². The van der Waals surface area contributed by atoms with Crippen LogP contribution in [0.1, 0.15) is 13.8 Å². The van der Waals surface area contributed by atoms with Crippen LogP contribution in [0.4, 0.5) is 0 Å². The summed E-state index contributed by atoms with van der Waals surface area (Å²) < 4.78 is 15.9. The quantitative estimate of drug-likeness (QED) is 0.546. The average molecular weight is 278 g/mol. The number of carboxylic acid groups (broad SMARTS) is 1. The molecule has 0 aromatic heterocycles. The van der Waals surface area contributed by atoms with E-state index in [0.29, 0.717) is 0 Å². The van der Waals surface area contributed by atoms with E-state index in [-0.39, 0.29) is 0 Å². The maximum Gasteiger partial charge on any atom is 0.325 e. The van der Waals surface area contributed by atoms with E-state index in [2.05, 4.69) is 15.4 Å². The number of likely N-dealkylation sites (N-methyl/N-ethyl adjacent to an activating group) is 1. The molecule has 1 rings (SSSR count). The van der Waals surface area contributed by atoms with Gasteiger partial charge in [0.15, 0.2) is 0 Å². The number of carbonyl (C=O) groups is 2. The fraction of sp³-hybridized carbons (Fsp3) is 0.800. The van der Waals surface area contributed by atoms with Crippen molar-refractivity contribution >= 4 is 22.7 Å². The molecule has 0 saturated carbocycles. The van der Waals surface area contributed by atoms with Gasteiger partial charge in [-0.05, 0) is 20.9 Å². The SMILES string of the molecule is CNC(C(=O)OC)C1NC(C(=O)O)C(C)(C)S1=O. The summed E-state index contributed by atoms with van der Waals surface area (Å²) in [5.74, 6) is -1.67. The van der Waals surface area contributed by atoms with Gasteiger partial charge in [0, 0.05) is 10.8 Å². The van der Waals surface area contributed by atoms with Crippen LogP contribution in [0.3, 0.4) is 0 Å². The Hall–Kier alpha value is -0.990. The first-order valence-corrected chi connectivity index (χ1v) is 6.63. The minimum atomic E-state index is -1.53. The Labute approximate surface area is 108 Å². The molecule has 18 heavy (non-hydrogen) atoms. The van der Waals surface area contributed by atoms with Gasteiger partial charge in [-0.2, -0.15) is 0 Å². The lowest BCUT2D eigenvalue weighted by Crippen LogP contribution is -2.52. The Balaban J connectivity index is 3.03. The molecule has 1 heterocycles. The van der Waals surface area contributed by atoms with Gasteiger partial charge >= 0.3 is 11.9 Å². The summed E-state index contributed by atoms with van der Waals surface area (Å²) >= 11 is 0. The molecule has 0 amide bonds. The molecule has 0 aromatic carbocycles. The van der Waals surface area contributed by atoms with E-state index < -0.39 is 44.9 Å². The second-order valence-corrected chi connectivity index (χ2v) is 6.70. The molecule has 0 radical (unpaired) electrons. The fourth-order valence-electron chi connectivity index (χ4n) is 1.98. The third-order valence-corrected chi connectivity index (χ3v) is 5.23. The second-order valence-electron chi connectivity index (χ2n) is 4.55. The van der Waals surface area contributed by atoms with E-state index in [0.717, 1.165) is 0 Å². The van der Waals surface area contributed by atoms with Crippen molar-refractivity contribution in [3.8, 4) is 0 Å². The minimum absolute atomic E-state index is 0.579. The highest BCUT2D eigenvalue weighted by molar-refractivity contribution is 7.87. The van der Waals surface area contributed by atoms with E-state index in [1.807, 2.05) is 0 Å². The van der Waals surface area contributed by atoms with Gasteiger partial charge in [0.2, 0.25) is 0 Å². The fourth-order valence-corrected chi connectivity index (χ4v) is 3.79. The molecular weight excluding hydrogens is 260 g/mol. The van der Waals surface area contributed by atoms with Crippen LogP contribution in [0.2, 0.25) is 0 Å². The van der Waals surface area contributed by atoms with Crippen molar-refractivity contribution < 1.29 is 23.6 Å². The van der Waals surface area contributed by atoms with Crippen LogP contribution >= 0.6 is 0 Å². The van der Waals surface area contributed by atoms with Crippen molar-refractivity contribution in [2.24, 2.45) is 0 Å². The molecule has 7 nitrogen and oxygen atoms in total. The number of hydrogen-bond acceptors (Lipinski definition) is 6. The smallest absolute Gasteiger partial charge is 0.325 e. The first kappa shape index (κ1) is 15.1. The van der Waals surface area contributed by atoms with E-state index in [1.165, 1.54) is 14.2 Å². The molecular formula is C10H18N2O5S. The topological polar surface area (TPSA) is 105 Å². The Morgan fingerprint density at radius 2 is 2.06 bits per heavy atom. The van der Waals surface area contributed by atoms with Gasteiger partial charge in [0.05, 0.1) is 11.9 Å². The first-order valence-electron chi connectivity index (χ1n) is 5.42. The van der Waals surface area contributed by atoms with Gasteiger partial charge in [-0.3, -0.25) is 19.1 Å². The summed E-state index contributed by atoms with van der Waals surface area (Å²) in [6.07, 6.45) is 0. The average Bonchev–Trinajstić information content (AvgIpc) is 2.53. The normalized spacial score (nSPS) is 31.9. The number of ether oxygens (including phenoxy) is 1. The Kier molecular flexibility index (Phi) is 4.46. The standard InChI is InChI=1S/C10H18N2O5S/c1-10(2)6(8(13)14)12-7(18(10)16)5(11-3)9(15)17-4/h5-7,11-12H,1-4H3,(H,13,14). The number of carboxylic acids is 1. The van der Waals surface area contributed by atoms with Gasteiger partial charge < -0.3 is 15.2 Å². The first-order chi connectivity index (χ1) is 8.27. The van der Waals surface area contributed by atoms with Crippen LogP contribution in [0.25, 0.3) is 0 Å². The van der Waals surface area contributed by atoms with Gasteiger partial charge in [0.1, 0.15) is 17.5 Å². The predicted octanol–water partition coefficient (Wildman–Crippen LogP) is -1.34. The molecule has 1 fully saturated rings. The van der Waals surface area contributed by atoms with Crippen molar-refractivity contribution in [1.82, 2.24) is 10.6 Å². The third kappa shape index (κ3) is 2.40. The Bertz CT molecular complexity index is 384.